The third-order valence-electron chi connectivity index (χ3n) is 4.67. The molecule has 0 unspecified atom stereocenters. The number of aliphatic imine (C=N–C) groups is 1. The van der Waals surface area contributed by atoms with E-state index in [1.54, 1.807) is 0 Å². The lowest BCUT2D eigenvalue weighted by Gasteiger charge is -2.38. The number of nitrogens with two attached hydrogens (primary N) is 1. The Morgan fingerprint density at radius 2 is 2.11 bits per heavy atom. The first-order valence-electron chi connectivity index (χ1n) is 7.41. The highest BCUT2D eigenvalue weighted by molar-refractivity contribution is 8.00. The maximum absolute atomic E-state index is 5.98. The molecule has 4 nitrogen and oxygen atoms in total. The number of hydrogen-bond donors (Lipinski definition) is 2. The molecule has 1 heterocycles. The molecule has 0 aromatic carbocycles. The number of guanidine groups is 1. The van der Waals surface area contributed by atoms with Crippen LogP contribution in [0.4, 0.5) is 0 Å². The minimum absolute atomic E-state index is 0.301. The van der Waals surface area contributed by atoms with E-state index >= 15 is 0 Å². The number of piperidine rings is 1. The lowest BCUT2D eigenvalue weighted by molar-refractivity contribution is 0.242. The minimum Gasteiger partial charge on any atom is -0.370 e. The molecule has 1 saturated heterocycles. The van der Waals surface area contributed by atoms with E-state index in [0.29, 0.717) is 10.7 Å². The largest absolute Gasteiger partial charge is 0.370 e. The van der Waals surface area contributed by atoms with Crippen molar-refractivity contribution in [1.82, 2.24) is 10.2 Å². The summed E-state index contributed by atoms with van der Waals surface area (Å²) in [6.07, 6.45) is 8.71. The van der Waals surface area contributed by atoms with Crippen molar-refractivity contribution in [1.29, 1.82) is 0 Å². The smallest absolute Gasteiger partial charge is 0.188 e. The van der Waals surface area contributed by atoms with Crippen LogP contribution in [0.1, 0.15) is 32.1 Å². The predicted molar refractivity (Wildman–Crippen MR) is 84.8 cm³/mol. The second-order valence-corrected chi connectivity index (χ2v) is 7.34. The van der Waals surface area contributed by atoms with Crippen molar-refractivity contribution in [3.8, 4) is 0 Å². The van der Waals surface area contributed by atoms with Crippen LogP contribution in [0.3, 0.4) is 0 Å². The molecule has 2 fully saturated rings. The summed E-state index contributed by atoms with van der Waals surface area (Å²) in [5.41, 5.74) is 5.98. The average molecular weight is 284 g/mol. The third-order valence-corrected chi connectivity index (χ3v) is 6.07. The van der Waals surface area contributed by atoms with Crippen LogP contribution in [-0.4, -0.2) is 55.1 Å². The molecule has 0 amide bonds. The van der Waals surface area contributed by atoms with Gasteiger partial charge in [0.25, 0.3) is 0 Å². The standard InChI is InChI=1S/C14H28N4S/c1-18-8-6-14(19-2,7-9-18)11-17-13(15)16-10-12-4-3-5-12/h12H,3-11H2,1-2H3,(H3,15,16,17). The molecule has 0 spiro atoms. The van der Waals surface area contributed by atoms with Gasteiger partial charge in [0.1, 0.15) is 0 Å². The van der Waals surface area contributed by atoms with Gasteiger partial charge in [0.05, 0.1) is 6.54 Å². The zero-order chi connectivity index (χ0) is 13.7. The van der Waals surface area contributed by atoms with E-state index in [1.807, 2.05) is 11.8 Å². The van der Waals surface area contributed by atoms with Gasteiger partial charge in [-0.2, -0.15) is 11.8 Å². The molecule has 1 saturated carbocycles. The summed E-state index contributed by atoms with van der Waals surface area (Å²) in [4.78, 5) is 6.99. The maximum Gasteiger partial charge on any atom is 0.188 e. The Hall–Kier alpha value is -0.420. The second kappa shape index (κ2) is 6.84. The monoisotopic (exact) mass is 284 g/mol. The van der Waals surface area contributed by atoms with Gasteiger partial charge in [0.15, 0.2) is 5.96 Å². The zero-order valence-electron chi connectivity index (χ0n) is 12.3. The fourth-order valence-corrected chi connectivity index (χ4v) is 3.47. The Bertz CT molecular complexity index is 307. The Labute approximate surface area is 121 Å². The third kappa shape index (κ3) is 4.28. The highest BCUT2D eigenvalue weighted by Gasteiger charge is 2.32. The lowest BCUT2D eigenvalue weighted by atomic mass is 9.85. The van der Waals surface area contributed by atoms with Gasteiger partial charge in [-0.15, -0.1) is 0 Å². The van der Waals surface area contributed by atoms with E-state index < -0.39 is 0 Å². The molecule has 0 radical (unpaired) electrons. The van der Waals surface area contributed by atoms with Crippen molar-refractivity contribution in [3.05, 3.63) is 0 Å². The summed E-state index contributed by atoms with van der Waals surface area (Å²) >= 11 is 1.96. The molecular weight excluding hydrogens is 256 g/mol. The molecular formula is C14H28N4S. The van der Waals surface area contributed by atoms with Gasteiger partial charge in [0.2, 0.25) is 0 Å². The summed E-state index contributed by atoms with van der Waals surface area (Å²) in [5.74, 6) is 1.46. The summed E-state index contributed by atoms with van der Waals surface area (Å²) in [5, 5.41) is 3.28. The number of nitrogens with one attached hydrogen (secondary N) is 1. The summed E-state index contributed by atoms with van der Waals surface area (Å²) < 4.78 is 0.301. The van der Waals surface area contributed by atoms with Crippen LogP contribution in [0.5, 0.6) is 0 Å². The predicted octanol–water partition coefficient (Wildman–Crippen LogP) is 1.52. The van der Waals surface area contributed by atoms with Gasteiger partial charge in [0, 0.05) is 11.3 Å². The molecule has 1 aliphatic heterocycles. The second-order valence-electron chi connectivity index (χ2n) is 6.07. The van der Waals surface area contributed by atoms with Gasteiger partial charge >= 0.3 is 0 Å². The van der Waals surface area contributed by atoms with Crippen LogP contribution in [0.25, 0.3) is 0 Å². The molecule has 5 heteroatoms. The van der Waals surface area contributed by atoms with Crippen LogP contribution in [0.2, 0.25) is 0 Å². The zero-order valence-corrected chi connectivity index (χ0v) is 13.1. The first kappa shape index (κ1) is 15.0. The number of thioether (sulfide) groups is 1. The molecule has 0 aromatic heterocycles. The fourth-order valence-electron chi connectivity index (χ4n) is 2.68. The molecule has 0 aromatic rings. The average Bonchev–Trinajstić information content (AvgIpc) is 2.37. The number of hydrogen-bond acceptors (Lipinski definition) is 3. The van der Waals surface area contributed by atoms with Crippen molar-refractivity contribution in [2.24, 2.45) is 16.6 Å². The summed E-state index contributed by atoms with van der Waals surface area (Å²) in [7, 11) is 2.20. The fraction of sp³-hybridized carbons (Fsp3) is 0.929. The first-order chi connectivity index (χ1) is 9.13. The van der Waals surface area contributed by atoms with Crippen LogP contribution in [-0.2, 0) is 0 Å². The van der Waals surface area contributed by atoms with Crippen molar-refractivity contribution in [3.63, 3.8) is 0 Å². The van der Waals surface area contributed by atoms with Gasteiger partial charge in [-0.25, -0.2) is 0 Å². The van der Waals surface area contributed by atoms with Crippen LogP contribution < -0.4 is 11.1 Å². The van der Waals surface area contributed by atoms with Gasteiger partial charge < -0.3 is 16.0 Å². The maximum atomic E-state index is 5.98. The van der Waals surface area contributed by atoms with Crippen molar-refractivity contribution >= 4 is 17.7 Å². The van der Waals surface area contributed by atoms with Crippen molar-refractivity contribution in [2.45, 2.75) is 36.9 Å². The summed E-state index contributed by atoms with van der Waals surface area (Å²) in [6, 6.07) is 0. The number of likely N-dealkylation sites (tertiary alicyclic amines) is 1. The molecule has 0 bridgehead atoms. The van der Waals surface area contributed by atoms with E-state index in [4.69, 9.17) is 5.73 Å². The first-order valence-corrected chi connectivity index (χ1v) is 8.63. The molecule has 0 atom stereocenters. The molecule has 110 valence electrons. The van der Waals surface area contributed by atoms with E-state index in [-0.39, 0.29) is 0 Å². The Morgan fingerprint density at radius 3 is 2.63 bits per heavy atom. The lowest BCUT2D eigenvalue weighted by Crippen LogP contribution is -2.44. The molecule has 3 N–H and O–H groups in total. The van der Waals surface area contributed by atoms with E-state index in [0.717, 1.165) is 19.0 Å². The van der Waals surface area contributed by atoms with Crippen LogP contribution in [0, 0.1) is 5.92 Å². The molecule has 19 heavy (non-hydrogen) atoms. The quantitative estimate of drug-likeness (QED) is 0.594. The van der Waals surface area contributed by atoms with Gasteiger partial charge in [-0.05, 0) is 58.0 Å². The van der Waals surface area contributed by atoms with Gasteiger partial charge in [-0.1, -0.05) is 6.42 Å². The number of nitrogens with zero attached hydrogens (tertiary/aromatic N) is 2. The van der Waals surface area contributed by atoms with E-state index in [9.17, 15) is 0 Å². The van der Waals surface area contributed by atoms with Crippen LogP contribution in [0.15, 0.2) is 4.99 Å². The topological polar surface area (TPSA) is 53.6 Å². The Morgan fingerprint density at radius 1 is 1.42 bits per heavy atom. The van der Waals surface area contributed by atoms with Crippen molar-refractivity contribution < 1.29 is 0 Å². The Balaban J connectivity index is 1.77. The minimum atomic E-state index is 0.301. The molecule has 2 aliphatic rings. The van der Waals surface area contributed by atoms with Gasteiger partial charge in [-0.3, -0.25) is 4.99 Å². The van der Waals surface area contributed by atoms with E-state index in [1.165, 1.54) is 45.2 Å². The van der Waals surface area contributed by atoms with Crippen LogP contribution >= 0.6 is 11.8 Å². The SMILES string of the molecule is CSC1(CN=C(N)NCC2CCC2)CCN(C)CC1. The summed E-state index contributed by atoms with van der Waals surface area (Å²) in [6.45, 7) is 4.20. The van der Waals surface area contributed by atoms with Crippen molar-refractivity contribution in [2.75, 3.05) is 39.5 Å². The number of rotatable bonds is 5. The highest BCUT2D eigenvalue weighted by atomic mass is 32.2. The van der Waals surface area contributed by atoms with E-state index in [2.05, 4.69) is 28.5 Å². The highest BCUT2D eigenvalue weighted by Crippen LogP contribution is 2.34. The Kier molecular flexibility index (Phi) is 5.39. The molecule has 2 rings (SSSR count). The normalized spacial score (nSPS) is 25.1. The molecule has 1 aliphatic carbocycles.